The van der Waals surface area contributed by atoms with Crippen molar-refractivity contribution in [2.24, 2.45) is 5.92 Å². The van der Waals surface area contributed by atoms with Gasteiger partial charge in [-0.3, -0.25) is 4.79 Å². The maximum Gasteiger partial charge on any atom is 0.255 e. The van der Waals surface area contributed by atoms with E-state index in [9.17, 15) is 4.79 Å². The Morgan fingerprint density at radius 1 is 1.03 bits per heavy atom. The molecule has 0 amide bonds. The second kappa shape index (κ2) is 9.74. The van der Waals surface area contributed by atoms with E-state index < -0.39 is 0 Å². The van der Waals surface area contributed by atoms with Crippen LogP contribution in [0.15, 0.2) is 71.5 Å². The smallest absolute Gasteiger partial charge is 0.255 e. The monoisotopic (exact) mass is 452 g/mol. The fourth-order valence-corrected chi connectivity index (χ4v) is 6.23. The molecule has 0 spiro atoms. The van der Waals surface area contributed by atoms with Gasteiger partial charge >= 0.3 is 0 Å². The number of hydrogen-bond acceptors (Lipinski definition) is 2. The summed E-state index contributed by atoms with van der Waals surface area (Å²) in [6.07, 6.45) is 13.2. The van der Waals surface area contributed by atoms with Crippen LogP contribution in [0.25, 0.3) is 11.3 Å². The molecule has 0 radical (unpaired) electrons. The number of benzene rings is 2. The summed E-state index contributed by atoms with van der Waals surface area (Å²) in [5, 5.41) is 0. The Bertz CT molecular complexity index is 1220. The minimum absolute atomic E-state index is 0.0635. The van der Waals surface area contributed by atoms with Gasteiger partial charge < -0.3 is 4.98 Å². The Hall–Kier alpha value is -2.94. The molecule has 1 N–H and O–H groups in total. The first-order valence-electron chi connectivity index (χ1n) is 13.0. The number of aromatic nitrogens is 2. The quantitative estimate of drug-likeness (QED) is 0.405. The largest absolute Gasteiger partial charge is 0.310 e. The lowest BCUT2D eigenvalue weighted by Crippen LogP contribution is -2.43. The molecule has 34 heavy (non-hydrogen) atoms. The van der Waals surface area contributed by atoms with Gasteiger partial charge in [0.05, 0.1) is 11.3 Å². The van der Waals surface area contributed by atoms with Gasteiger partial charge in [-0.15, -0.1) is 0 Å². The number of rotatable bonds is 6. The third-order valence-electron chi connectivity index (χ3n) is 8.21. The van der Waals surface area contributed by atoms with E-state index in [1.807, 2.05) is 0 Å². The van der Waals surface area contributed by atoms with Crippen molar-refractivity contribution >= 4 is 0 Å². The van der Waals surface area contributed by atoms with Crippen LogP contribution in [-0.4, -0.2) is 9.97 Å². The molecule has 0 bridgehead atoms. The Kier molecular flexibility index (Phi) is 6.54. The SMILES string of the molecule is C[C@H](C/C=C\Cc1nc2c(c(=O)[nH]1)[C@](C)(C1CCCCC1)Cc1ccccc1-2)c1ccccc1. The summed E-state index contributed by atoms with van der Waals surface area (Å²) < 4.78 is 0. The van der Waals surface area contributed by atoms with Crippen molar-refractivity contribution in [3.63, 3.8) is 0 Å². The van der Waals surface area contributed by atoms with Crippen molar-refractivity contribution in [1.82, 2.24) is 9.97 Å². The van der Waals surface area contributed by atoms with Gasteiger partial charge in [-0.1, -0.05) is 99.9 Å². The molecule has 0 saturated heterocycles. The number of fused-ring (bicyclic) bond motifs is 3. The molecule has 3 nitrogen and oxygen atoms in total. The van der Waals surface area contributed by atoms with Crippen LogP contribution in [0.3, 0.4) is 0 Å². The fraction of sp³-hybridized carbons (Fsp3) is 0.419. The third-order valence-corrected chi connectivity index (χ3v) is 8.21. The molecule has 3 aromatic rings. The number of nitrogens with one attached hydrogen (secondary N) is 1. The number of hydrogen-bond donors (Lipinski definition) is 1. The van der Waals surface area contributed by atoms with Gasteiger partial charge in [0.2, 0.25) is 0 Å². The van der Waals surface area contributed by atoms with E-state index in [0.29, 0.717) is 18.3 Å². The van der Waals surface area contributed by atoms with Crippen molar-refractivity contribution in [1.29, 1.82) is 0 Å². The molecule has 3 heteroatoms. The van der Waals surface area contributed by atoms with E-state index in [0.717, 1.165) is 35.5 Å². The number of nitrogens with zero attached hydrogens (tertiary/aromatic N) is 1. The third kappa shape index (κ3) is 4.41. The molecule has 1 aromatic heterocycles. The average molecular weight is 453 g/mol. The zero-order valence-electron chi connectivity index (χ0n) is 20.5. The van der Waals surface area contributed by atoms with Gasteiger partial charge in [-0.05, 0) is 48.6 Å². The Balaban J connectivity index is 1.43. The van der Waals surface area contributed by atoms with E-state index >= 15 is 0 Å². The van der Waals surface area contributed by atoms with Crippen LogP contribution in [0, 0.1) is 5.92 Å². The first kappa shape index (κ1) is 22.8. The highest BCUT2D eigenvalue weighted by Crippen LogP contribution is 2.48. The van der Waals surface area contributed by atoms with Crippen molar-refractivity contribution in [2.75, 3.05) is 0 Å². The average Bonchev–Trinajstić information content (AvgIpc) is 2.87. The zero-order chi connectivity index (χ0) is 23.5. The number of H-pyrrole nitrogens is 1. The van der Waals surface area contributed by atoms with E-state index in [2.05, 4.69) is 85.6 Å². The maximum atomic E-state index is 13.6. The molecular weight excluding hydrogens is 416 g/mol. The minimum Gasteiger partial charge on any atom is -0.310 e. The molecule has 176 valence electrons. The minimum atomic E-state index is -0.149. The van der Waals surface area contributed by atoms with Crippen molar-refractivity contribution in [3.05, 3.63) is 99.6 Å². The van der Waals surface area contributed by atoms with Crippen molar-refractivity contribution < 1.29 is 0 Å². The summed E-state index contributed by atoms with van der Waals surface area (Å²) in [4.78, 5) is 21.8. The highest BCUT2D eigenvalue weighted by molar-refractivity contribution is 5.71. The van der Waals surface area contributed by atoms with Crippen LogP contribution >= 0.6 is 0 Å². The van der Waals surface area contributed by atoms with Crippen LogP contribution in [0.2, 0.25) is 0 Å². The van der Waals surface area contributed by atoms with E-state index in [-0.39, 0.29) is 11.0 Å². The molecule has 0 aliphatic heterocycles. The van der Waals surface area contributed by atoms with Crippen LogP contribution in [0.1, 0.15) is 80.8 Å². The van der Waals surface area contributed by atoms with Crippen LogP contribution in [-0.2, 0) is 18.3 Å². The molecule has 0 unspecified atom stereocenters. The van der Waals surface area contributed by atoms with E-state index in [1.54, 1.807) is 0 Å². The number of aromatic amines is 1. The van der Waals surface area contributed by atoms with Crippen LogP contribution < -0.4 is 5.56 Å². The summed E-state index contributed by atoms with van der Waals surface area (Å²) in [5.74, 6) is 1.77. The molecule has 5 rings (SSSR count). The standard InChI is InChI=1S/C31H36N2O/c1-22(23-14-5-3-6-15-23)13-9-12-20-27-32-29-26-19-11-10-16-24(26)21-31(2,28(29)30(34)33-27)25-17-7-4-8-18-25/h3,5-6,9-12,14-16,19,22,25H,4,7-8,13,17-18,20-21H2,1-2H3,(H,32,33,34)/b12-9-/t22-,31+/m1/s1. The Labute approximate surface area is 203 Å². The second-order valence-corrected chi connectivity index (χ2v) is 10.5. The molecule has 2 aromatic carbocycles. The van der Waals surface area contributed by atoms with Gasteiger partial charge in [-0.2, -0.15) is 0 Å². The predicted molar refractivity (Wildman–Crippen MR) is 140 cm³/mol. The lowest BCUT2D eigenvalue weighted by atomic mass is 9.60. The van der Waals surface area contributed by atoms with Crippen LogP contribution in [0.5, 0.6) is 0 Å². The van der Waals surface area contributed by atoms with Gasteiger partial charge in [-0.25, -0.2) is 4.98 Å². The number of allylic oxidation sites excluding steroid dienone is 2. The summed E-state index contributed by atoms with van der Waals surface area (Å²) in [5.41, 5.74) is 5.58. The Morgan fingerprint density at radius 3 is 2.56 bits per heavy atom. The first-order valence-corrected chi connectivity index (χ1v) is 13.0. The van der Waals surface area contributed by atoms with Gasteiger partial charge in [0.1, 0.15) is 5.82 Å². The van der Waals surface area contributed by atoms with Crippen molar-refractivity contribution in [3.8, 4) is 11.3 Å². The summed E-state index contributed by atoms with van der Waals surface area (Å²) in [7, 11) is 0. The van der Waals surface area contributed by atoms with E-state index in [1.165, 1.54) is 43.2 Å². The van der Waals surface area contributed by atoms with Gasteiger partial charge in [0.25, 0.3) is 5.56 Å². The van der Waals surface area contributed by atoms with Crippen molar-refractivity contribution in [2.45, 2.75) is 76.5 Å². The highest BCUT2D eigenvalue weighted by atomic mass is 16.1. The molecular formula is C31H36N2O. The van der Waals surface area contributed by atoms with Gasteiger partial charge in [0, 0.05) is 17.4 Å². The fourth-order valence-electron chi connectivity index (χ4n) is 6.23. The lowest BCUT2D eigenvalue weighted by Gasteiger charge is -2.43. The Morgan fingerprint density at radius 2 is 1.76 bits per heavy atom. The first-order chi connectivity index (χ1) is 16.6. The highest BCUT2D eigenvalue weighted by Gasteiger charge is 2.44. The van der Waals surface area contributed by atoms with Crippen LogP contribution in [0.4, 0.5) is 0 Å². The summed E-state index contributed by atoms with van der Waals surface area (Å²) in [6.45, 7) is 4.57. The summed E-state index contributed by atoms with van der Waals surface area (Å²) in [6, 6.07) is 19.2. The molecule has 1 fully saturated rings. The summed E-state index contributed by atoms with van der Waals surface area (Å²) >= 11 is 0. The molecule has 1 heterocycles. The molecule has 2 atom stereocenters. The van der Waals surface area contributed by atoms with E-state index in [4.69, 9.17) is 4.98 Å². The molecule has 1 saturated carbocycles. The molecule has 2 aliphatic carbocycles. The second-order valence-electron chi connectivity index (χ2n) is 10.5. The lowest BCUT2D eigenvalue weighted by molar-refractivity contribution is 0.213. The maximum absolute atomic E-state index is 13.6. The van der Waals surface area contributed by atoms with Gasteiger partial charge in [0.15, 0.2) is 0 Å². The normalized spacial score (nSPS) is 21.2. The zero-order valence-corrected chi connectivity index (χ0v) is 20.5. The molecule has 2 aliphatic rings. The topological polar surface area (TPSA) is 45.8 Å². The predicted octanol–water partition coefficient (Wildman–Crippen LogP) is 7.12.